The summed E-state index contributed by atoms with van der Waals surface area (Å²) >= 11 is 1.33. The molecule has 0 aliphatic heterocycles. The van der Waals surface area contributed by atoms with Gasteiger partial charge in [0.15, 0.2) is 0 Å². The van der Waals surface area contributed by atoms with E-state index in [1.54, 1.807) is 11.8 Å². The van der Waals surface area contributed by atoms with Gasteiger partial charge in [-0.1, -0.05) is 12.8 Å². The summed E-state index contributed by atoms with van der Waals surface area (Å²) in [4.78, 5) is 19.5. The van der Waals surface area contributed by atoms with E-state index in [9.17, 15) is 13.6 Å². The van der Waals surface area contributed by atoms with E-state index in [-0.39, 0.29) is 11.5 Å². The molecule has 1 aromatic carbocycles. The molecule has 0 atom stereocenters. The van der Waals surface area contributed by atoms with Crippen molar-refractivity contribution in [3.05, 3.63) is 46.0 Å². The third-order valence-electron chi connectivity index (χ3n) is 4.93. The predicted molar refractivity (Wildman–Crippen MR) is 113 cm³/mol. The molecule has 0 radical (unpaired) electrons. The minimum Gasteiger partial charge on any atom is -0.337 e. The summed E-state index contributed by atoms with van der Waals surface area (Å²) < 4.78 is 26.8. The van der Waals surface area contributed by atoms with Crippen molar-refractivity contribution in [3.8, 4) is 0 Å². The highest BCUT2D eigenvalue weighted by molar-refractivity contribution is 8.03. The number of thioether (sulfide) groups is 1. The number of aliphatic imine (C=N–C) groups is 1. The number of nitrogens with one attached hydrogen (secondary N) is 1. The smallest absolute Gasteiger partial charge is 0.262 e. The highest BCUT2D eigenvalue weighted by Gasteiger charge is 2.20. The topological polar surface area (TPSA) is 44.7 Å². The molecule has 1 aromatic rings. The van der Waals surface area contributed by atoms with Gasteiger partial charge in [-0.15, -0.1) is 11.8 Å². The van der Waals surface area contributed by atoms with Gasteiger partial charge in [0.1, 0.15) is 11.6 Å². The molecule has 1 aliphatic rings. The largest absolute Gasteiger partial charge is 0.337 e. The average molecular weight is 410 g/mol. The number of halogens is 2. The van der Waals surface area contributed by atoms with Crippen LogP contribution in [0.2, 0.25) is 0 Å². The van der Waals surface area contributed by atoms with E-state index in [1.165, 1.54) is 55.8 Å². The third-order valence-corrected chi connectivity index (χ3v) is 5.80. The maximum absolute atomic E-state index is 13.8. The Morgan fingerprint density at radius 1 is 1.36 bits per heavy atom. The molecular formula is C21H29F2N3OS. The lowest BCUT2D eigenvalue weighted by atomic mass is 10.2. The fourth-order valence-electron chi connectivity index (χ4n) is 3.30. The lowest BCUT2D eigenvalue weighted by Crippen LogP contribution is -2.39. The first-order valence-electron chi connectivity index (χ1n) is 9.72. The first-order chi connectivity index (χ1) is 13.5. The van der Waals surface area contributed by atoms with Gasteiger partial charge in [0.2, 0.25) is 0 Å². The Bertz CT molecular complexity index is 730. The quantitative estimate of drug-likeness (QED) is 0.487. The number of allylic oxidation sites excluding steroid dienone is 1. The van der Waals surface area contributed by atoms with Crippen LogP contribution in [-0.2, 0) is 4.79 Å². The van der Waals surface area contributed by atoms with Crippen LogP contribution in [-0.4, -0.2) is 49.0 Å². The van der Waals surface area contributed by atoms with E-state index in [0.29, 0.717) is 29.7 Å². The molecule has 2 rings (SSSR count). The predicted octanol–water partition coefficient (Wildman–Crippen LogP) is 4.36. The van der Waals surface area contributed by atoms with Crippen molar-refractivity contribution < 1.29 is 13.6 Å². The van der Waals surface area contributed by atoms with Crippen LogP contribution in [0.4, 0.5) is 8.78 Å². The van der Waals surface area contributed by atoms with Crippen LogP contribution in [0.5, 0.6) is 0 Å². The van der Waals surface area contributed by atoms with Gasteiger partial charge in [-0.2, -0.15) is 0 Å². The van der Waals surface area contributed by atoms with Crippen molar-refractivity contribution in [1.82, 2.24) is 10.2 Å². The van der Waals surface area contributed by atoms with Crippen molar-refractivity contribution in [2.24, 2.45) is 4.99 Å². The number of carbonyl (C=O) groups is 1. The van der Waals surface area contributed by atoms with Crippen LogP contribution in [0, 0.1) is 11.6 Å². The van der Waals surface area contributed by atoms with E-state index in [2.05, 4.69) is 10.3 Å². The zero-order valence-electron chi connectivity index (χ0n) is 16.8. The summed E-state index contributed by atoms with van der Waals surface area (Å²) in [6.07, 6.45) is 8.13. The normalized spacial score (nSPS) is 15.9. The highest BCUT2D eigenvalue weighted by Crippen LogP contribution is 2.21. The van der Waals surface area contributed by atoms with E-state index in [0.717, 1.165) is 12.6 Å². The molecule has 7 heteroatoms. The highest BCUT2D eigenvalue weighted by atomic mass is 32.2. The second kappa shape index (κ2) is 11.3. The molecule has 0 aromatic heterocycles. The van der Waals surface area contributed by atoms with Gasteiger partial charge in [-0.05, 0) is 45.1 Å². The number of rotatable bonds is 9. The Kier molecular flexibility index (Phi) is 9.12. The zero-order chi connectivity index (χ0) is 20.5. The molecule has 0 unspecified atom stereocenters. The number of benzene rings is 1. The number of nitrogens with zero attached hydrogens (tertiary/aromatic N) is 2. The average Bonchev–Trinajstić information content (AvgIpc) is 3.18. The van der Waals surface area contributed by atoms with E-state index in [1.807, 2.05) is 13.2 Å². The zero-order valence-corrected chi connectivity index (χ0v) is 17.6. The maximum atomic E-state index is 13.8. The van der Waals surface area contributed by atoms with Gasteiger partial charge in [-0.3, -0.25) is 9.79 Å². The molecular weight excluding hydrogens is 380 g/mol. The van der Waals surface area contributed by atoms with E-state index in [4.69, 9.17) is 0 Å². The molecule has 1 fully saturated rings. The van der Waals surface area contributed by atoms with Crippen molar-refractivity contribution >= 4 is 23.9 Å². The van der Waals surface area contributed by atoms with Gasteiger partial charge in [0.05, 0.1) is 10.6 Å². The number of amides is 1. The van der Waals surface area contributed by atoms with Gasteiger partial charge < -0.3 is 10.2 Å². The standard InChI is InChI=1S/C21H29F2N3OS/c1-4-26(12-11-24-18-7-5-6-8-18)21(27)20(28-3)15(2)25-14-16-9-10-17(22)13-19(16)23/h9-10,13-14,18,24H,4-8,11-12H2,1-3H3/b20-15-,25-14?. The minimum atomic E-state index is -0.679. The third kappa shape index (κ3) is 6.41. The maximum Gasteiger partial charge on any atom is 0.262 e. The molecule has 0 bridgehead atoms. The monoisotopic (exact) mass is 409 g/mol. The fourth-order valence-corrected chi connectivity index (χ4v) is 3.95. The van der Waals surface area contributed by atoms with Crippen molar-refractivity contribution in [1.29, 1.82) is 0 Å². The summed E-state index contributed by atoms with van der Waals surface area (Å²) in [5.74, 6) is -1.38. The summed E-state index contributed by atoms with van der Waals surface area (Å²) in [5.41, 5.74) is 0.699. The van der Waals surface area contributed by atoms with Gasteiger partial charge in [-0.25, -0.2) is 8.78 Å². The fraction of sp³-hybridized carbons (Fsp3) is 0.524. The number of likely N-dealkylation sites (N-methyl/N-ethyl adjacent to an activating group) is 1. The van der Waals surface area contributed by atoms with Crippen LogP contribution < -0.4 is 5.32 Å². The Balaban J connectivity index is 2.03. The Morgan fingerprint density at radius 3 is 2.68 bits per heavy atom. The molecule has 4 nitrogen and oxygen atoms in total. The van der Waals surface area contributed by atoms with Crippen molar-refractivity contribution in [2.75, 3.05) is 25.9 Å². The lowest BCUT2D eigenvalue weighted by Gasteiger charge is -2.23. The van der Waals surface area contributed by atoms with Crippen molar-refractivity contribution in [3.63, 3.8) is 0 Å². The molecule has 1 amide bonds. The molecule has 1 aliphatic carbocycles. The van der Waals surface area contributed by atoms with Crippen LogP contribution in [0.1, 0.15) is 45.1 Å². The van der Waals surface area contributed by atoms with Crippen LogP contribution in [0.3, 0.4) is 0 Å². The molecule has 0 spiro atoms. The molecule has 0 heterocycles. The molecule has 0 saturated heterocycles. The SMILES string of the molecule is CCN(CCNC1CCCC1)C(=O)/C(SC)=C(\C)N=Cc1ccc(F)cc1F. The second-order valence-electron chi connectivity index (χ2n) is 6.86. The summed E-state index contributed by atoms with van der Waals surface area (Å²) in [6.45, 7) is 5.71. The van der Waals surface area contributed by atoms with Crippen LogP contribution >= 0.6 is 11.8 Å². The number of carbonyl (C=O) groups excluding carboxylic acids is 1. The Labute approximate surface area is 170 Å². The number of hydrogen-bond acceptors (Lipinski definition) is 4. The first-order valence-corrected chi connectivity index (χ1v) is 10.9. The van der Waals surface area contributed by atoms with Gasteiger partial charge >= 0.3 is 0 Å². The van der Waals surface area contributed by atoms with Gasteiger partial charge in [0.25, 0.3) is 5.91 Å². The van der Waals surface area contributed by atoms with Crippen LogP contribution in [0.25, 0.3) is 0 Å². The molecule has 154 valence electrons. The Hall–Kier alpha value is -1.73. The first kappa shape index (κ1) is 22.6. The van der Waals surface area contributed by atoms with Gasteiger partial charge in [0, 0.05) is 43.5 Å². The second-order valence-corrected chi connectivity index (χ2v) is 7.68. The molecule has 1 saturated carbocycles. The van der Waals surface area contributed by atoms with Crippen LogP contribution in [0.15, 0.2) is 33.8 Å². The lowest BCUT2D eigenvalue weighted by molar-refractivity contribution is -0.126. The summed E-state index contributed by atoms with van der Waals surface area (Å²) in [7, 11) is 0. The Morgan fingerprint density at radius 2 is 2.07 bits per heavy atom. The van der Waals surface area contributed by atoms with E-state index < -0.39 is 11.6 Å². The summed E-state index contributed by atoms with van der Waals surface area (Å²) in [6, 6.07) is 3.90. The van der Waals surface area contributed by atoms with E-state index >= 15 is 0 Å². The molecule has 28 heavy (non-hydrogen) atoms. The molecule has 1 N–H and O–H groups in total. The van der Waals surface area contributed by atoms with Crippen molar-refractivity contribution in [2.45, 2.75) is 45.6 Å². The summed E-state index contributed by atoms with van der Waals surface area (Å²) in [5, 5.41) is 3.53. The number of hydrogen-bond donors (Lipinski definition) is 1. The minimum absolute atomic E-state index is 0.0718.